The van der Waals surface area contributed by atoms with Crippen LogP contribution in [0.1, 0.15) is 27.7 Å². The number of hydrogen-bond donors (Lipinski definition) is 3. The highest BCUT2D eigenvalue weighted by atomic mass is 16.6. The summed E-state index contributed by atoms with van der Waals surface area (Å²) in [5.41, 5.74) is 6.81. The number of nitrogen functional groups attached to an aromatic ring is 1. The molecule has 0 aliphatic heterocycles. The number of benzene rings is 1. The van der Waals surface area contributed by atoms with E-state index in [1.807, 2.05) is 39.8 Å². The summed E-state index contributed by atoms with van der Waals surface area (Å²) in [5.74, 6) is 0.655. The first-order chi connectivity index (χ1) is 9.81. The molecule has 0 atom stereocenters. The van der Waals surface area contributed by atoms with Crippen LogP contribution in [0.2, 0.25) is 0 Å². The van der Waals surface area contributed by atoms with Gasteiger partial charge in [-0.25, -0.2) is 4.79 Å². The lowest BCUT2D eigenvalue weighted by Crippen LogP contribution is -2.34. The number of carbonyl (C=O) groups excluding carboxylic acids is 1. The van der Waals surface area contributed by atoms with E-state index in [9.17, 15) is 4.79 Å². The van der Waals surface area contributed by atoms with Crippen LogP contribution >= 0.6 is 0 Å². The van der Waals surface area contributed by atoms with Gasteiger partial charge in [-0.05, 0) is 39.8 Å². The van der Waals surface area contributed by atoms with Crippen molar-refractivity contribution >= 4 is 17.5 Å². The van der Waals surface area contributed by atoms with Crippen LogP contribution in [-0.2, 0) is 4.74 Å². The normalized spacial score (nSPS) is 10.9. The number of rotatable bonds is 6. The van der Waals surface area contributed by atoms with Crippen molar-refractivity contribution in [1.82, 2.24) is 5.32 Å². The summed E-state index contributed by atoms with van der Waals surface area (Å²) < 4.78 is 10.6. The van der Waals surface area contributed by atoms with E-state index in [1.165, 1.54) is 0 Å². The zero-order valence-corrected chi connectivity index (χ0v) is 13.2. The summed E-state index contributed by atoms with van der Waals surface area (Å²) >= 11 is 0. The topological polar surface area (TPSA) is 85.6 Å². The number of ether oxygens (including phenoxy) is 2. The van der Waals surface area contributed by atoms with Gasteiger partial charge in [0.25, 0.3) is 0 Å². The van der Waals surface area contributed by atoms with E-state index in [0.29, 0.717) is 31.1 Å². The smallest absolute Gasteiger partial charge is 0.407 e. The highest BCUT2D eigenvalue weighted by Gasteiger charge is 2.15. The predicted octanol–water partition coefficient (Wildman–Crippen LogP) is 2.60. The Morgan fingerprint density at radius 2 is 2.00 bits per heavy atom. The number of anilines is 2. The predicted molar refractivity (Wildman–Crippen MR) is 84.7 cm³/mol. The second kappa shape index (κ2) is 7.61. The van der Waals surface area contributed by atoms with Crippen molar-refractivity contribution in [2.75, 3.05) is 30.7 Å². The first-order valence-corrected chi connectivity index (χ1v) is 7.05. The maximum atomic E-state index is 11.5. The minimum Gasteiger partial charge on any atom is -0.492 e. The van der Waals surface area contributed by atoms with Crippen molar-refractivity contribution < 1.29 is 14.3 Å². The Hall–Kier alpha value is -2.11. The molecule has 0 unspecified atom stereocenters. The first-order valence-electron chi connectivity index (χ1n) is 7.05. The molecule has 0 bridgehead atoms. The van der Waals surface area contributed by atoms with Gasteiger partial charge < -0.3 is 25.8 Å². The van der Waals surface area contributed by atoms with Crippen LogP contribution in [-0.4, -0.2) is 31.4 Å². The average molecular weight is 295 g/mol. The molecule has 0 radical (unpaired) electrons. The molecular weight excluding hydrogens is 270 g/mol. The number of nitrogens with two attached hydrogens (primary N) is 1. The van der Waals surface area contributed by atoms with Crippen LogP contribution in [0.3, 0.4) is 0 Å². The lowest BCUT2D eigenvalue weighted by atomic mass is 10.2. The minimum atomic E-state index is -0.485. The van der Waals surface area contributed by atoms with Crippen molar-refractivity contribution in [3.05, 3.63) is 18.2 Å². The van der Waals surface area contributed by atoms with Gasteiger partial charge in [-0.1, -0.05) is 0 Å². The fraction of sp³-hybridized carbons (Fsp3) is 0.533. The van der Waals surface area contributed by atoms with Gasteiger partial charge in [-0.3, -0.25) is 0 Å². The number of alkyl carbamates (subject to hydrolysis) is 1. The third kappa shape index (κ3) is 6.74. The lowest BCUT2D eigenvalue weighted by Gasteiger charge is -2.19. The summed E-state index contributed by atoms with van der Waals surface area (Å²) in [4.78, 5) is 11.5. The third-order valence-corrected chi connectivity index (χ3v) is 2.44. The molecule has 1 aromatic carbocycles. The quantitative estimate of drug-likeness (QED) is 0.555. The molecule has 21 heavy (non-hydrogen) atoms. The Morgan fingerprint density at radius 3 is 2.62 bits per heavy atom. The van der Waals surface area contributed by atoms with E-state index in [-0.39, 0.29) is 0 Å². The van der Waals surface area contributed by atoms with Crippen LogP contribution in [0.25, 0.3) is 0 Å². The zero-order valence-electron chi connectivity index (χ0n) is 13.2. The summed E-state index contributed by atoms with van der Waals surface area (Å²) in [5, 5.41) is 5.86. The fourth-order valence-corrected chi connectivity index (χ4v) is 1.61. The number of carbonyl (C=O) groups is 1. The van der Waals surface area contributed by atoms with Crippen molar-refractivity contribution in [3.63, 3.8) is 0 Å². The molecule has 6 heteroatoms. The fourth-order valence-electron chi connectivity index (χ4n) is 1.61. The maximum absolute atomic E-state index is 11.5. The Labute approximate surface area is 126 Å². The van der Waals surface area contributed by atoms with Gasteiger partial charge in [0.2, 0.25) is 0 Å². The van der Waals surface area contributed by atoms with Gasteiger partial charge in [0.15, 0.2) is 0 Å². The molecule has 6 nitrogen and oxygen atoms in total. The molecule has 0 aromatic heterocycles. The van der Waals surface area contributed by atoms with Crippen molar-refractivity contribution in [2.45, 2.75) is 33.3 Å². The second-order valence-corrected chi connectivity index (χ2v) is 5.54. The van der Waals surface area contributed by atoms with E-state index in [0.717, 1.165) is 5.69 Å². The van der Waals surface area contributed by atoms with Crippen LogP contribution in [0.4, 0.5) is 16.2 Å². The van der Waals surface area contributed by atoms with Gasteiger partial charge in [0, 0.05) is 24.8 Å². The van der Waals surface area contributed by atoms with E-state index >= 15 is 0 Å². The molecule has 0 saturated heterocycles. The van der Waals surface area contributed by atoms with Crippen molar-refractivity contribution in [3.8, 4) is 5.75 Å². The van der Waals surface area contributed by atoms with E-state index in [1.54, 1.807) is 6.07 Å². The SMILES string of the molecule is CCOc1cc(NCCNC(=O)OC(C)(C)C)ccc1N. The van der Waals surface area contributed by atoms with E-state index < -0.39 is 11.7 Å². The molecule has 1 rings (SSSR count). The van der Waals surface area contributed by atoms with Gasteiger partial charge >= 0.3 is 6.09 Å². The maximum Gasteiger partial charge on any atom is 0.407 e. The third-order valence-electron chi connectivity index (χ3n) is 2.44. The molecule has 1 aromatic rings. The zero-order chi connectivity index (χ0) is 15.9. The Morgan fingerprint density at radius 1 is 1.29 bits per heavy atom. The van der Waals surface area contributed by atoms with Gasteiger partial charge in [0.1, 0.15) is 11.4 Å². The number of hydrogen-bond acceptors (Lipinski definition) is 5. The van der Waals surface area contributed by atoms with Crippen molar-refractivity contribution in [2.24, 2.45) is 0 Å². The molecule has 118 valence electrons. The highest BCUT2D eigenvalue weighted by molar-refractivity contribution is 5.67. The molecule has 4 N–H and O–H groups in total. The van der Waals surface area contributed by atoms with Crippen LogP contribution < -0.4 is 21.1 Å². The monoisotopic (exact) mass is 295 g/mol. The number of nitrogens with one attached hydrogen (secondary N) is 2. The molecule has 1 amide bonds. The minimum absolute atomic E-state index is 0.420. The Bertz CT molecular complexity index is 470. The van der Waals surface area contributed by atoms with Crippen LogP contribution in [0, 0.1) is 0 Å². The molecule has 0 aliphatic rings. The molecule has 0 fully saturated rings. The molecule has 0 saturated carbocycles. The lowest BCUT2D eigenvalue weighted by molar-refractivity contribution is 0.0530. The van der Waals surface area contributed by atoms with Gasteiger partial charge in [-0.2, -0.15) is 0 Å². The van der Waals surface area contributed by atoms with Crippen molar-refractivity contribution in [1.29, 1.82) is 0 Å². The Balaban J connectivity index is 2.36. The Kier molecular flexibility index (Phi) is 6.14. The van der Waals surface area contributed by atoms with Crippen LogP contribution in [0.5, 0.6) is 5.75 Å². The second-order valence-electron chi connectivity index (χ2n) is 5.54. The molecule has 0 aliphatic carbocycles. The standard InChI is InChI=1S/C15H25N3O3/c1-5-20-13-10-11(6-7-12(13)16)17-8-9-18-14(19)21-15(2,3)4/h6-7,10,17H,5,8-9,16H2,1-4H3,(H,18,19). The first kappa shape index (κ1) is 16.9. The molecule has 0 spiro atoms. The molecular formula is C15H25N3O3. The summed E-state index contributed by atoms with van der Waals surface area (Å²) in [6, 6.07) is 5.49. The summed E-state index contributed by atoms with van der Waals surface area (Å²) in [6.07, 6.45) is -0.420. The van der Waals surface area contributed by atoms with Gasteiger partial charge in [0.05, 0.1) is 12.3 Å². The largest absolute Gasteiger partial charge is 0.492 e. The number of amides is 1. The highest BCUT2D eigenvalue weighted by Crippen LogP contribution is 2.25. The van der Waals surface area contributed by atoms with E-state index in [4.69, 9.17) is 15.2 Å². The summed E-state index contributed by atoms with van der Waals surface area (Å²) in [6.45, 7) is 8.99. The van der Waals surface area contributed by atoms with Crippen LogP contribution in [0.15, 0.2) is 18.2 Å². The summed E-state index contributed by atoms with van der Waals surface area (Å²) in [7, 11) is 0. The average Bonchev–Trinajstić information content (AvgIpc) is 2.36. The molecule has 0 heterocycles. The van der Waals surface area contributed by atoms with Gasteiger partial charge in [-0.15, -0.1) is 0 Å². The van der Waals surface area contributed by atoms with E-state index in [2.05, 4.69) is 10.6 Å².